The van der Waals surface area contributed by atoms with E-state index in [1.807, 2.05) is 13.0 Å². The van der Waals surface area contributed by atoms with E-state index < -0.39 is 0 Å². The summed E-state index contributed by atoms with van der Waals surface area (Å²) in [6.45, 7) is 2.73. The predicted octanol–water partition coefficient (Wildman–Crippen LogP) is 1.69. The van der Waals surface area contributed by atoms with Crippen molar-refractivity contribution in [1.82, 2.24) is 10.6 Å². The number of amides is 1. The smallest absolute Gasteiger partial charge is 0.223 e. The molecule has 2 heterocycles. The molecule has 118 valence electrons. The van der Waals surface area contributed by atoms with Crippen LogP contribution in [-0.4, -0.2) is 30.2 Å². The maximum Gasteiger partial charge on any atom is 0.223 e. The van der Waals surface area contributed by atoms with Gasteiger partial charge in [0.15, 0.2) is 5.78 Å². The van der Waals surface area contributed by atoms with Gasteiger partial charge in [-0.2, -0.15) is 0 Å². The number of nitrogens with zero attached hydrogens (tertiary/aromatic N) is 1. The summed E-state index contributed by atoms with van der Waals surface area (Å²) in [7, 11) is 0. The van der Waals surface area contributed by atoms with Gasteiger partial charge < -0.3 is 16.0 Å². The minimum atomic E-state index is -0.0728. The molecular formula is C16H22N4O2. The monoisotopic (exact) mass is 302 g/mol. The molecule has 0 saturated carbocycles. The highest BCUT2D eigenvalue weighted by molar-refractivity contribution is 6.13. The fourth-order valence-corrected chi connectivity index (χ4v) is 2.53. The SMILES string of the molecule is CCCCC(=O)/C(C=N)=C1\N=C(CC2CCNC2=O)C=CN1. The number of carbonyl (C=O) groups is 2. The maximum atomic E-state index is 12.1. The van der Waals surface area contributed by atoms with Crippen LogP contribution in [0.3, 0.4) is 0 Å². The third-order valence-electron chi connectivity index (χ3n) is 3.83. The molecule has 0 aromatic rings. The van der Waals surface area contributed by atoms with Crippen LogP contribution >= 0.6 is 0 Å². The molecule has 2 aliphatic heterocycles. The van der Waals surface area contributed by atoms with Crippen LogP contribution in [-0.2, 0) is 9.59 Å². The van der Waals surface area contributed by atoms with Gasteiger partial charge in [0.25, 0.3) is 0 Å². The average molecular weight is 302 g/mol. The van der Waals surface area contributed by atoms with E-state index in [1.54, 1.807) is 6.20 Å². The lowest BCUT2D eigenvalue weighted by Gasteiger charge is -2.15. The van der Waals surface area contributed by atoms with Gasteiger partial charge in [-0.3, -0.25) is 9.59 Å². The van der Waals surface area contributed by atoms with Gasteiger partial charge >= 0.3 is 0 Å². The van der Waals surface area contributed by atoms with E-state index in [0.29, 0.717) is 30.8 Å². The Labute approximate surface area is 130 Å². The lowest BCUT2D eigenvalue weighted by Crippen LogP contribution is -2.23. The van der Waals surface area contributed by atoms with E-state index in [9.17, 15) is 9.59 Å². The van der Waals surface area contributed by atoms with Crippen molar-refractivity contribution in [1.29, 1.82) is 5.41 Å². The Bertz CT molecular complexity index is 560. The summed E-state index contributed by atoms with van der Waals surface area (Å²) < 4.78 is 0. The molecule has 0 bridgehead atoms. The summed E-state index contributed by atoms with van der Waals surface area (Å²) in [5, 5.41) is 13.2. The first kappa shape index (κ1) is 16.1. The highest BCUT2D eigenvalue weighted by atomic mass is 16.2. The summed E-state index contributed by atoms with van der Waals surface area (Å²) in [6.07, 6.45) is 8.11. The van der Waals surface area contributed by atoms with E-state index in [1.165, 1.54) is 0 Å². The van der Waals surface area contributed by atoms with Crippen molar-refractivity contribution < 1.29 is 9.59 Å². The molecule has 2 rings (SSSR count). The number of hydrogen-bond donors (Lipinski definition) is 3. The number of aliphatic imine (C=N–C) groups is 1. The van der Waals surface area contributed by atoms with Crippen molar-refractivity contribution in [3.8, 4) is 0 Å². The second-order valence-corrected chi connectivity index (χ2v) is 5.49. The Balaban J connectivity index is 2.14. The molecule has 6 heteroatoms. The number of carbonyl (C=O) groups excluding carboxylic acids is 2. The first-order valence-electron chi connectivity index (χ1n) is 7.72. The second kappa shape index (κ2) is 7.68. The summed E-state index contributed by atoms with van der Waals surface area (Å²) in [5.41, 5.74) is 1.06. The molecule has 0 spiro atoms. The largest absolute Gasteiger partial charge is 0.356 e. The summed E-state index contributed by atoms with van der Waals surface area (Å²) in [4.78, 5) is 28.2. The van der Waals surface area contributed by atoms with Crippen molar-refractivity contribution in [3.63, 3.8) is 0 Å². The number of allylic oxidation sites excluding steroid dienone is 2. The van der Waals surface area contributed by atoms with Gasteiger partial charge in [-0.05, 0) is 18.9 Å². The standard InChI is InChI=1S/C16H22N4O2/c1-2-3-4-14(21)13(10-17)15-18-8-6-12(20-15)9-11-5-7-19-16(11)22/h6,8,10-11,17-18H,2-5,7,9H2,1H3,(H,19,22)/b15-13-,17-10?. The molecule has 1 fully saturated rings. The van der Waals surface area contributed by atoms with Gasteiger partial charge in [0.2, 0.25) is 5.91 Å². The van der Waals surface area contributed by atoms with Crippen LogP contribution in [0.25, 0.3) is 0 Å². The Morgan fingerprint density at radius 3 is 3.00 bits per heavy atom. The van der Waals surface area contributed by atoms with Crippen LogP contribution in [0.2, 0.25) is 0 Å². The Morgan fingerprint density at radius 2 is 2.36 bits per heavy atom. The molecule has 1 unspecified atom stereocenters. The number of rotatable bonds is 7. The van der Waals surface area contributed by atoms with Crippen LogP contribution in [0.1, 0.15) is 39.0 Å². The molecule has 0 radical (unpaired) electrons. The van der Waals surface area contributed by atoms with E-state index >= 15 is 0 Å². The Morgan fingerprint density at radius 1 is 1.55 bits per heavy atom. The van der Waals surface area contributed by atoms with E-state index in [4.69, 9.17) is 5.41 Å². The van der Waals surface area contributed by atoms with Gasteiger partial charge in [-0.15, -0.1) is 0 Å². The highest BCUT2D eigenvalue weighted by Crippen LogP contribution is 2.18. The summed E-state index contributed by atoms with van der Waals surface area (Å²) in [6, 6.07) is 0. The molecule has 0 aliphatic carbocycles. The molecule has 1 saturated heterocycles. The number of ketones is 1. The molecule has 22 heavy (non-hydrogen) atoms. The highest BCUT2D eigenvalue weighted by Gasteiger charge is 2.25. The van der Waals surface area contributed by atoms with Crippen molar-refractivity contribution in [2.24, 2.45) is 10.9 Å². The molecule has 1 atom stereocenters. The minimum Gasteiger partial charge on any atom is -0.356 e. The van der Waals surface area contributed by atoms with Gasteiger partial charge in [0.1, 0.15) is 5.82 Å². The zero-order chi connectivity index (χ0) is 15.9. The Kier molecular flexibility index (Phi) is 5.63. The molecule has 3 N–H and O–H groups in total. The quantitative estimate of drug-likeness (QED) is 0.493. The molecule has 1 amide bonds. The van der Waals surface area contributed by atoms with Crippen molar-refractivity contribution in [3.05, 3.63) is 23.7 Å². The van der Waals surface area contributed by atoms with E-state index in [-0.39, 0.29) is 17.6 Å². The number of Topliss-reactive ketones (excluding diaryl/α,β-unsaturated/α-hetero) is 1. The maximum absolute atomic E-state index is 12.1. The zero-order valence-corrected chi connectivity index (χ0v) is 12.8. The van der Waals surface area contributed by atoms with Gasteiger partial charge in [-0.1, -0.05) is 13.3 Å². The van der Waals surface area contributed by atoms with Gasteiger partial charge in [0, 0.05) is 43.4 Å². The first-order chi connectivity index (χ1) is 10.7. The molecule has 6 nitrogen and oxygen atoms in total. The van der Waals surface area contributed by atoms with Crippen LogP contribution < -0.4 is 10.6 Å². The van der Waals surface area contributed by atoms with Crippen LogP contribution in [0.15, 0.2) is 28.7 Å². The fraction of sp³-hybridized carbons (Fsp3) is 0.500. The topological polar surface area (TPSA) is 94.4 Å². The third-order valence-corrected chi connectivity index (χ3v) is 3.83. The van der Waals surface area contributed by atoms with E-state index in [0.717, 1.165) is 31.2 Å². The number of unbranched alkanes of at least 4 members (excludes halogenated alkanes) is 1. The lowest BCUT2D eigenvalue weighted by molar-refractivity contribution is -0.122. The predicted molar refractivity (Wildman–Crippen MR) is 85.8 cm³/mol. The van der Waals surface area contributed by atoms with Crippen molar-refractivity contribution >= 4 is 23.6 Å². The zero-order valence-electron chi connectivity index (χ0n) is 12.8. The molecular weight excluding hydrogens is 280 g/mol. The van der Waals surface area contributed by atoms with Crippen LogP contribution in [0.4, 0.5) is 0 Å². The normalized spacial score (nSPS) is 22.7. The number of hydrogen-bond acceptors (Lipinski definition) is 5. The first-order valence-corrected chi connectivity index (χ1v) is 7.72. The summed E-state index contributed by atoms with van der Waals surface area (Å²) >= 11 is 0. The van der Waals surface area contributed by atoms with Crippen LogP contribution in [0, 0.1) is 11.3 Å². The molecule has 0 aromatic heterocycles. The Hall–Kier alpha value is -2.24. The van der Waals surface area contributed by atoms with Gasteiger partial charge in [0.05, 0.1) is 5.57 Å². The number of nitrogens with one attached hydrogen (secondary N) is 3. The fourth-order valence-electron chi connectivity index (χ4n) is 2.53. The van der Waals surface area contributed by atoms with E-state index in [2.05, 4.69) is 15.6 Å². The summed E-state index contributed by atoms with van der Waals surface area (Å²) in [5.74, 6) is 0.344. The second-order valence-electron chi connectivity index (χ2n) is 5.49. The third kappa shape index (κ3) is 3.90. The van der Waals surface area contributed by atoms with Crippen molar-refractivity contribution in [2.45, 2.75) is 39.0 Å². The van der Waals surface area contributed by atoms with Gasteiger partial charge in [-0.25, -0.2) is 4.99 Å². The average Bonchev–Trinajstić information content (AvgIpc) is 2.91. The minimum absolute atomic E-state index is 0.0537. The molecule has 0 aromatic carbocycles. The van der Waals surface area contributed by atoms with Crippen LogP contribution in [0.5, 0.6) is 0 Å². The van der Waals surface area contributed by atoms with Crippen molar-refractivity contribution in [2.75, 3.05) is 6.54 Å². The molecule has 2 aliphatic rings. The lowest BCUT2D eigenvalue weighted by atomic mass is 10.00.